The summed E-state index contributed by atoms with van der Waals surface area (Å²) in [5, 5.41) is 32.8. The fraction of sp³-hybridized carbons (Fsp3) is 0.684. The van der Waals surface area contributed by atoms with E-state index in [-0.39, 0.29) is 45.5 Å². The number of hydrogen-bond acceptors (Lipinski definition) is 5. The summed E-state index contributed by atoms with van der Waals surface area (Å²) < 4.78 is 5.80. The minimum atomic E-state index is -0.777. The summed E-state index contributed by atoms with van der Waals surface area (Å²) in [4.78, 5) is 27.2. The molecular weight excluding hydrogens is 632 g/mol. The highest BCUT2D eigenvalue weighted by molar-refractivity contribution is 9.10. The summed E-state index contributed by atoms with van der Waals surface area (Å²) in [5.41, 5.74) is 0.705. The van der Waals surface area contributed by atoms with Crippen LogP contribution in [0.2, 0.25) is 0 Å². The monoisotopic (exact) mass is 682 g/mol. The fourth-order valence-electron chi connectivity index (χ4n) is 11.6. The molecule has 0 spiro atoms. The number of carboxylic acid groups (broad SMARTS) is 1. The molecule has 0 unspecified atom stereocenters. The molecule has 45 heavy (non-hydrogen) atoms. The van der Waals surface area contributed by atoms with E-state index in [1.807, 2.05) is 25.1 Å². The third-order valence-corrected chi connectivity index (χ3v) is 15.4. The van der Waals surface area contributed by atoms with Gasteiger partial charge < -0.3 is 20.1 Å². The number of ether oxygens (including phenoxy) is 1. The number of carbonyl (C=O) groups is 2. The number of benzene rings is 1. The van der Waals surface area contributed by atoms with Crippen LogP contribution in [-0.2, 0) is 9.59 Å². The molecule has 5 aliphatic carbocycles. The summed E-state index contributed by atoms with van der Waals surface area (Å²) in [5.74, 6) is -0.154. The van der Waals surface area contributed by atoms with Crippen molar-refractivity contribution in [1.29, 1.82) is 0 Å². The van der Waals surface area contributed by atoms with Crippen LogP contribution >= 0.6 is 15.9 Å². The molecule has 9 atom stereocenters. The number of aliphatic hydroxyl groups excluding tert-OH is 1. The molecule has 7 heteroatoms. The Balaban J connectivity index is 1.46. The maximum Gasteiger partial charge on any atom is 0.309 e. The SMILES string of the molecule is COc1ccc(/C=C2\C[C@]3(C)[C@H]4C(=O)C=C5[C@@H]6C[C@@](C)(C(=O)O)CC[C@]6(C)CC[C@@]5(C)[C@]4(C)CC[C@H]3C(C)(C)[C@H]2O)c(Br)c1O. The number of rotatable bonds is 3. The Morgan fingerprint density at radius 2 is 1.69 bits per heavy atom. The molecule has 0 saturated heterocycles. The van der Waals surface area contributed by atoms with Gasteiger partial charge >= 0.3 is 5.97 Å². The van der Waals surface area contributed by atoms with Gasteiger partial charge in [0.1, 0.15) is 0 Å². The largest absolute Gasteiger partial charge is 0.503 e. The van der Waals surface area contributed by atoms with Gasteiger partial charge in [-0.3, -0.25) is 9.59 Å². The number of aliphatic hydroxyl groups is 1. The van der Waals surface area contributed by atoms with E-state index in [9.17, 15) is 24.9 Å². The first-order chi connectivity index (χ1) is 20.8. The molecule has 1 aromatic rings. The van der Waals surface area contributed by atoms with Crippen molar-refractivity contribution in [3.63, 3.8) is 0 Å². The molecule has 1 aromatic carbocycles. The van der Waals surface area contributed by atoms with Crippen LogP contribution in [0, 0.1) is 50.2 Å². The van der Waals surface area contributed by atoms with Crippen LogP contribution in [0.4, 0.5) is 0 Å². The van der Waals surface area contributed by atoms with Gasteiger partial charge in [0.25, 0.3) is 0 Å². The minimum absolute atomic E-state index is 0.00897. The number of phenolic OH excluding ortho intramolecular Hbond substituents is 1. The van der Waals surface area contributed by atoms with E-state index < -0.39 is 28.3 Å². The van der Waals surface area contributed by atoms with Crippen LogP contribution in [0.3, 0.4) is 0 Å². The highest BCUT2D eigenvalue weighted by atomic mass is 79.9. The number of carbonyl (C=O) groups excluding carboxylic acids is 1. The average molecular weight is 684 g/mol. The lowest BCUT2D eigenvalue weighted by Crippen LogP contribution is -2.67. The van der Waals surface area contributed by atoms with Gasteiger partial charge in [-0.25, -0.2) is 0 Å². The van der Waals surface area contributed by atoms with E-state index in [2.05, 4.69) is 57.5 Å². The molecule has 4 fully saturated rings. The topological polar surface area (TPSA) is 104 Å². The highest BCUT2D eigenvalue weighted by Gasteiger charge is 2.70. The summed E-state index contributed by atoms with van der Waals surface area (Å²) in [6.45, 7) is 15.5. The van der Waals surface area contributed by atoms with Gasteiger partial charge in [0.05, 0.1) is 23.1 Å². The lowest BCUT2D eigenvalue weighted by atomic mass is 9.33. The van der Waals surface area contributed by atoms with Crippen molar-refractivity contribution in [2.24, 2.45) is 50.2 Å². The Morgan fingerprint density at radius 1 is 1.02 bits per heavy atom. The molecule has 6 rings (SSSR count). The summed E-state index contributed by atoms with van der Waals surface area (Å²) in [6.07, 6.45) is 9.89. The number of allylic oxidation sites excluding steroid dienone is 2. The van der Waals surface area contributed by atoms with Crippen molar-refractivity contribution in [1.82, 2.24) is 0 Å². The number of ketones is 1. The molecule has 0 bridgehead atoms. The summed E-state index contributed by atoms with van der Waals surface area (Å²) in [6, 6.07) is 3.61. The molecule has 3 N–H and O–H groups in total. The van der Waals surface area contributed by atoms with E-state index in [1.54, 1.807) is 6.07 Å². The lowest BCUT2D eigenvalue weighted by molar-refractivity contribution is -0.191. The fourth-order valence-corrected chi connectivity index (χ4v) is 12.0. The molecule has 0 amide bonds. The zero-order chi connectivity index (χ0) is 33.1. The number of aromatic hydroxyl groups is 1. The Kier molecular flexibility index (Phi) is 7.43. The van der Waals surface area contributed by atoms with Gasteiger partial charge in [-0.15, -0.1) is 0 Å². The molecule has 5 aliphatic rings. The van der Waals surface area contributed by atoms with E-state index in [4.69, 9.17) is 4.74 Å². The van der Waals surface area contributed by atoms with Crippen LogP contribution in [0.1, 0.15) is 105 Å². The van der Waals surface area contributed by atoms with Crippen molar-refractivity contribution in [2.75, 3.05) is 7.11 Å². The van der Waals surface area contributed by atoms with E-state index >= 15 is 0 Å². The van der Waals surface area contributed by atoms with Crippen LogP contribution in [-0.4, -0.2) is 40.3 Å². The number of aliphatic carboxylic acids is 1. The van der Waals surface area contributed by atoms with Crippen LogP contribution in [0.5, 0.6) is 11.5 Å². The van der Waals surface area contributed by atoms with Gasteiger partial charge in [0, 0.05) is 5.92 Å². The second-order valence-electron chi connectivity index (χ2n) is 17.2. The molecule has 0 heterocycles. The molecule has 6 nitrogen and oxygen atoms in total. The standard InChI is InChI=1S/C38H51BrO6/c1-33(2)27-11-12-38(7)30(36(27,5)19-22(31(33)42)17-21-9-10-26(45-8)29(41)28(21)39)25(40)18-23-24-20-35(4,32(43)44)14-13-34(24,3)15-16-37(23,38)6/h9-10,17-18,24,27,30-31,41-42H,11-16,19-20H2,1-8H3,(H,43,44)/b22-17+/t24-,27-,30+,31-,34+,35-,36-,37+,38+/m0/s1. The van der Waals surface area contributed by atoms with Crippen molar-refractivity contribution in [3.05, 3.63) is 39.4 Å². The molecule has 0 aliphatic heterocycles. The molecule has 0 radical (unpaired) electrons. The Hall–Kier alpha value is -2.12. The molecule has 4 saturated carbocycles. The zero-order valence-electron chi connectivity index (χ0n) is 28.2. The third-order valence-electron chi connectivity index (χ3n) is 14.6. The molecule has 246 valence electrons. The van der Waals surface area contributed by atoms with Crippen LogP contribution in [0.15, 0.2) is 33.8 Å². The van der Waals surface area contributed by atoms with Crippen LogP contribution < -0.4 is 4.74 Å². The average Bonchev–Trinajstić information content (AvgIpc) is 2.96. The predicted molar refractivity (Wildman–Crippen MR) is 179 cm³/mol. The van der Waals surface area contributed by atoms with Gasteiger partial charge in [-0.2, -0.15) is 0 Å². The minimum Gasteiger partial charge on any atom is -0.503 e. The molecule has 0 aromatic heterocycles. The third kappa shape index (κ3) is 4.34. The van der Waals surface area contributed by atoms with Crippen molar-refractivity contribution < 1.29 is 29.6 Å². The normalized spacial score (nSPS) is 44.6. The number of carboxylic acids is 1. The molecular formula is C38H51BrO6. The number of methoxy groups -OCH3 is 1. The van der Waals surface area contributed by atoms with Crippen molar-refractivity contribution in [2.45, 2.75) is 106 Å². The zero-order valence-corrected chi connectivity index (χ0v) is 29.8. The van der Waals surface area contributed by atoms with Gasteiger partial charge in [0.15, 0.2) is 17.3 Å². The first-order valence-electron chi connectivity index (χ1n) is 16.7. The maximum absolute atomic E-state index is 14.8. The van der Waals surface area contributed by atoms with E-state index in [1.165, 1.54) is 12.7 Å². The predicted octanol–water partition coefficient (Wildman–Crippen LogP) is 8.58. The number of fused-ring (bicyclic) bond motifs is 7. The van der Waals surface area contributed by atoms with E-state index in [0.717, 1.165) is 43.2 Å². The Labute approximate surface area is 276 Å². The number of hydrogen-bond donors (Lipinski definition) is 3. The second kappa shape index (κ2) is 10.2. The van der Waals surface area contributed by atoms with E-state index in [0.29, 0.717) is 29.5 Å². The Bertz CT molecular complexity index is 1530. The van der Waals surface area contributed by atoms with Gasteiger partial charge in [-0.1, -0.05) is 53.2 Å². The number of halogens is 1. The highest BCUT2D eigenvalue weighted by Crippen LogP contribution is 2.75. The first-order valence-corrected chi connectivity index (χ1v) is 17.5. The Morgan fingerprint density at radius 3 is 2.33 bits per heavy atom. The summed E-state index contributed by atoms with van der Waals surface area (Å²) in [7, 11) is 1.52. The maximum atomic E-state index is 14.8. The smallest absolute Gasteiger partial charge is 0.309 e. The number of phenols is 1. The lowest BCUT2D eigenvalue weighted by Gasteiger charge is -2.70. The van der Waals surface area contributed by atoms with Gasteiger partial charge in [0.2, 0.25) is 0 Å². The summed E-state index contributed by atoms with van der Waals surface area (Å²) >= 11 is 3.54. The van der Waals surface area contributed by atoms with Crippen LogP contribution in [0.25, 0.3) is 6.08 Å². The second-order valence-corrected chi connectivity index (χ2v) is 18.0. The van der Waals surface area contributed by atoms with Crippen molar-refractivity contribution in [3.8, 4) is 11.5 Å². The van der Waals surface area contributed by atoms with Crippen molar-refractivity contribution >= 4 is 33.8 Å². The van der Waals surface area contributed by atoms with Gasteiger partial charge in [-0.05, 0) is 142 Å². The first kappa shape index (κ1) is 32.8. The quantitative estimate of drug-likeness (QED) is 0.295.